The number of carbonyl (C=O) groups is 2. The predicted molar refractivity (Wildman–Crippen MR) is 232 cm³/mol. The molecule has 12 nitrogen and oxygen atoms in total. The van der Waals surface area contributed by atoms with Crippen molar-refractivity contribution in [2.24, 2.45) is 5.92 Å². The molecule has 1 aliphatic carbocycles. The van der Waals surface area contributed by atoms with E-state index in [0.717, 1.165) is 57.8 Å². The van der Waals surface area contributed by atoms with Crippen molar-refractivity contribution < 1.29 is 28.2 Å². The first-order valence-corrected chi connectivity index (χ1v) is 22.2. The largest absolute Gasteiger partial charge is 0.464 e. The van der Waals surface area contributed by atoms with Crippen molar-refractivity contribution in [1.29, 1.82) is 0 Å². The molecule has 2 aromatic carbocycles. The molecular weight excluding hydrogens is 794 g/mol. The van der Waals surface area contributed by atoms with Gasteiger partial charge in [0.15, 0.2) is 0 Å². The van der Waals surface area contributed by atoms with E-state index < -0.39 is 23.2 Å². The van der Waals surface area contributed by atoms with Crippen molar-refractivity contribution >= 4 is 34.4 Å². The minimum absolute atomic E-state index is 0.200. The van der Waals surface area contributed by atoms with E-state index in [2.05, 4.69) is 45.7 Å². The number of amides is 2. The number of H-pyrrole nitrogens is 2. The van der Waals surface area contributed by atoms with Gasteiger partial charge in [-0.05, 0) is 128 Å². The second kappa shape index (κ2) is 14.5. The first-order chi connectivity index (χ1) is 29.1. The molecule has 0 radical (unpaired) electrons. The Morgan fingerprint density at radius 2 is 1.49 bits per heavy atom. The van der Waals surface area contributed by atoms with Crippen molar-refractivity contribution in [1.82, 2.24) is 34.3 Å². The number of hydrogen-bond acceptors (Lipinski definition) is 8. The standard InChI is InChI=1S/C47H52FN7O5S/c1-25-17-36(54(24-25)45(57)60-47(5,6)7)42-50-23-32(52-42)28-19-30(48)40-35-20-29-18-27(31-22-49-41(51-31)34-9-8-16-53(34)44(56)59-46(2,3)4)12-13-33(29)55(35)43(58-37(40)21-28)39-15-14-38(61-39)26-10-11-26/h12-15,18-23,25-26,34,36,43H,8-11,16-17,24H2,1-7H3,(H,49,51)(H,50,52). The van der Waals surface area contributed by atoms with Crippen LogP contribution in [-0.2, 0) is 9.47 Å². The highest BCUT2D eigenvalue weighted by Gasteiger charge is 2.40. The Hall–Kier alpha value is -5.63. The van der Waals surface area contributed by atoms with Crippen molar-refractivity contribution in [3.63, 3.8) is 0 Å². The van der Waals surface area contributed by atoms with Gasteiger partial charge in [-0.25, -0.2) is 23.9 Å². The fraction of sp³-hybridized carbons (Fsp3) is 0.447. The quantitative estimate of drug-likeness (QED) is 0.171. The first kappa shape index (κ1) is 39.5. The van der Waals surface area contributed by atoms with Crippen LogP contribution in [-0.4, -0.2) is 70.8 Å². The lowest BCUT2D eigenvalue weighted by atomic mass is 10.0. The summed E-state index contributed by atoms with van der Waals surface area (Å²) >= 11 is 1.76. The van der Waals surface area contributed by atoms with Crippen molar-refractivity contribution in [2.45, 2.75) is 116 Å². The van der Waals surface area contributed by atoms with Crippen LogP contribution in [0.4, 0.5) is 14.0 Å². The Bertz CT molecular complexity index is 2680. The van der Waals surface area contributed by atoms with E-state index in [1.54, 1.807) is 27.3 Å². The third kappa shape index (κ3) is 7.46. The molecule has 10 rings (SSSR count). The molecule has 6 aromatic rings. The molecule has 2 saturated heterocycles. The lowest BCUT2D eigenvalue weighted by Gasteiger charge is -2.30. The van der Waals surface area contributed by atoms with Crippen LogP contribution in [0.15, 0.2) is 60.9 Å². The Kier molecular flexibility index (Phi) is 9.39. The Labute approximate surface area is 358 Å². The van der Waals surface area contributed by atoms with E-state index in [9.17, 15) is 9.59 Å². The fourth-order valence-electron chi connectivity index (χ4n) is 9.10. The van der Waals surface area contributed by atoms with Crippen molar-refractivity contribution in [3.8, 4) is 39.5 Å². The molecule has 14 heteroatoms. The average Bonchev–Trinajstić information content (AvgIpc) is 3.87. The minimum Gasteiger partial charge on any atom is -0.464 e. The Morgan fingerprint density at radius 3 is 2.20 bits per heavy atom. The summed E-state index contributed by atoms with van der Waals surface area (Å²) in [6.45, 7) is 14.5. The average molecular weight is 846 g/mol. The highest BCUT2D eigenvalue weighted by atomic mass is 32.1. The highest BCUT2D eigenvalue weighted by molar-refractivity contribution is 7.12. The maximum atomic E-state index is 16.8. The molecule has 0 spiro atoms. The predicted octanol–water partition coefficient (Wildman–Crippen LogP) is 11.5. The number of thiophene rings is 1. The molecule has 4 aliphatic rings. The van der Waals surface area contributed by atoms with Crippen LogP contribution in [0.3, 0.4) is 0 Å². The Balaban J connectivity index is 0.993. The van der Waals surface area contributed by atoms with Crippen LogP contribution < -0.4 is 4.74 Å². The molecule has 0 bridgehead atoms. The lowest BCUT2D eigenvalue weighted by molar-refractivity contribution is 0.0206. The van der Waals surface area contributed by atoms with Gasteiger partial charge >= 0.3 is 12.2 Å². The molecule has 61 heavy (non-hydrogen) atoms. The van der Waals surface area contributed by atoms with Gasteiger partial charge < -0.3 is 24.2 Å². The zero-order valence-electron chi connectivity index (χ0n) is 35.7. The van der Waals surface area contributed by atoms with E-state index in [1.807, 2.05) is 65.9 Å². The van der Waals surface area contributed by atoms with Gasteiger partial charge in [0, 0.05) is 34.5 Å². The van der Waals surface area contributed by atoms with Gasteiger partial charge in [0.05, 0.1) is 57.5 Å². The molecule has 3 fully saturated rings. The highest BCUT2D eigenvalue weighted by Crippen LogP contribution is 2.50. The summed E-state index contributed by atoms with van der Waals surface area (Å²) in [6.07, 6.45) is 7.09. The maximum Gasteiger partial charge on any atom is 0.410 e. The molecule has 4 unspecified atom stereocenters. The smallest absolute Gasteiger partial charge is 0.410 e. The van der Waals surface area contributed by atoms with Gasteiger partial charge in [-0.15, -0.1) is 11.3 Å². The Morgan fingerprint density at radius 1 is 0.820 bits per heavy atom. The number of aromatic amines is 2. The number of nitrogens with one attached hydrogen (secondary N) is 2. The van der Waals surface area contributed by atoms with Gasteiger partial charge in [-0.1, -0.05) is 13.0 Å². The van der Waals surface area contributed by atoms with Crippen LogP contribution in [0.1, 0.15) is 126 Å². The number of imidazole rings is 2. The number of rotatable bonds is 6. The second-order valence-electron chi connectivity index (χ2n) is 19.2. The number of ether oxygens (including phenoxy) is 3. The van der Waals surface area contributed by atoms with E-state index in [1.165, 1.54) is 23.8 Å². The SMILES string of the molecule is CC1CC(c2ncc(-c3cc(F)c4c(c3)OC(c3ccc(C5CC5)s3)n3c-4cc4cc(-c5cnc(C6CCCN6C(=O)OC(C)(C)C)[nH]5)ccc43)[nH]2)N(C(=O)OC(C)(C)C)C1. The van der Waals surface area contributed by atoms with Gasteiger partial charge in [-0.2, -0.15) is 0 Å². The van der Waals surface area contributed by atoms with E-state index in [4.69, 9.17) is 24.2 Å². The summed E-state index contributed by atoms with van der Waals surface area (Å²) in [7, 11) is 0. The molecular formula is C47H52FN7O5S. The van der Waals surface area contributed by atoms with Crippen molar-refractivity contribution in [2.75, 3.05) is 13.1 Å². The molecule has 4 atom stereocenters. The van der Waals surface area contributed by atoms with Crippen molar-refractivity contribution in [3.05, 3.63) is 88.1 Å². The van der Waals surface area contributed by atoms with Gasteiger partial charge in [0.2, 0.25) is 6.23 Å². The van der Waals surface area contributed by atoms with E-state index in [-0.39, 0.29) is 30.2 Å². The van der Waals surface area contributed by atoms with Crippen LogP contribution >= 0.6 is 11.3 Å². The number of aromatic nitrogens is 5. The molecule has 2 amide bonds. The van der Waals surface area contributed by atoms with Gasteiger partial charge in [-0.3, -0.25) is 14.4 Å². The third-order valence-electron chi connectivity index (χ3n) is 12.0. The molecule has 318 valence electrons. The normalized spacial score (nSPS) is 21.4. The number of likely N-dealkylation sites (tertiary alicyclic amines) is 2. The van der Waals surface area contributed by atoms with E-state index >= 15 is 4.39 Å². The van der Waals surface area contributed by atoms with E-state index in [0.29, 0.717) is 47.4 Å². The zero-order valence-corrected chi connectivity index (χ0v) is 36.5. The number of benzene rings is 2. The minimum atomic E-state index is -0.621. The number of fused-ring (bicyclic) bond motifs is 5. The lowest BCUT2D eigenvalue weighted by Crippen LogP contribution is -2.37. The number of carbonyl (C=O) groups excluding carboxylic acids is 2. The molecule has 4 aromatic heterocycles. The maximum absolute atomic E-state index is 16.8. The zero-order chi connectivity index (χ0) is 42.5. The number of nitrogens with zero attached hydrogens (tertiary/aromatic N) is 5. The monoisotopic (exact) mass is 845 g/mol. The van der Waals surface area contributed by atoms with Crippen LogP contribution in [0.25, 0.3) is 44.7 Å². The topological polar surface area (TPSA) is 131 Å². The molecule has 3 aliphatic heterocycles. The van der Waals surface area contributed by atoms with Gasteiger partial charge in [0.1, 0.15) is 34.4 Å². The number of halogens is 1. The first-order valence-electron chi connectivity index (χ1n) is 21.4. The third-order valence-corrected chi connectivity index (χ3v) is 13.2. The number of hydrogen-bond donors (Lipinski definition) is 2. The summed E-state index contributed by atoms with van der Waals surface area (Å²) in [5.41, 5.74) is 3.82. The van der Waals surface area contributed by atoms with Crippen LogP contribution in [0, 0.1) is 11.7 Å². The molecule has 1 saturated carbocycles. The van der Waals surface area contributed by atoms with Crippen LogP contribution in [0.2, 0.25) is 0 Å². The summed E-state index contributed by atoms with van der Waals surface area (Å²) < 4.78 is 37.2. The fourth-order valence-corrected chi connectivity index (χ4v) is 10.3. The summed E-state index contributed by atoms with van der Waals surface area (Å²) in [4.78, 5) is 48.5. The van der Waals surface area contributed by atoms with Crippen LogP contribution in [0.5, 0.6) is 5.75 Å². The summed E-state index contributed by atoms with van der Waals surface area (Å²) in [6, 6.07) is 15.5. The summed E-state index contributed by atoms with van der Waals surface area (Å²) in [5.74, 6) is 2.25. The van der Waals surface area contributed by atoms with Gasteiger partial charge in [0.25, 0.3) is 0 Å². The molecule has 7 heterocycles. The summed E-state index contributed by atoms with van der Waals surface area (Å²) in [5, 5.41) is 0.933. The molecule has 2 N–H and O–H groups in total. The second-order valence-corrected chi connectivity index (χ2v) is 20.3.